The molecule has 3 aromatic carbocycles. The van der Waals surface area contributed by atoms with Gasteiger partial charge in [0.05, 0.1) is 0 Å². The molecule has 2 nitrogen and oxygen atoms in total. The number of hydrogen-bond acceptors (Lipinski definition) is 1. The van der Waals surface area contributed by atoms with E-state index in [-0.39, 0.29) is 5.78 Å². The molecule has 0 radical (unpaired) electrons. The summed E-state index contributed by atoms with van der Waals surface area (Å²) < 4.78 is 2.26. The largest absolute Gasteiger partial charge is 0.340 e. The molecule has 0 aliphatic rings. The fraction of sp³-hybridized carbons (Fsp3) is 0.0870. The van der Waals surface area contributed by atoms with Gasteiger partial charge >= 0.3 is 0 Å². The van der Waals surface area contributed by atoms with Crippen molar-refractivity contribution in [3.63, 3.8) is 0 Å². The Kier molecular flexibility index (Phi) is 4.17. The Hall–Kier alpha value is -3.13. The molecule has 4 rings (SSSR count). The first-order valence-electron chi connectivity index (χ1n) is 8.55. The van der Waals surface area contributed by atoms with Gasteiger partial charge in [0.25, 0.3) is 0 Å². The van der Waals surface area contributed by atoms with Crippen molar-refractivity contribution in [2.45, 2.75) is 13.0 Å². The lowest BCUT2D eigenvalue weighted by Crippen LogP contribution is -2.07. The lowest BCUT2D eigenvalue weighted by atomic mass is 10.1. The summed E-state index contributed by atoms with van der Waals surface area (Å²) in [5.74, 6) is 0.178. The number of aryl methyl sites for hydroxylation is 1. The van der Waals surface area contributed by atoms with Crippen LogP contribution in [0.4, 0.5) is 0 Å². The van der Waals surface area contributed by atoms with E-state index in [1.54, 1.807) is 0 Å². The summed E-state index contributed by atoms with van der Waals surface area (Å²) in [5, 5.41) is 1.20. The van der Waals surface area contributed by atoms with E-state index >= 15 is 0 Å². The van der Waals surface area contributed by atoms with Crippen molar-refractivity contribution in [1.29, 1.82) is 0 Å². The molecule has 0 aliphatic carbocycles. The second kappa shape index (κ2) is 6.78. The summed E-state index contributed by atoms with van der Waals surface area (Å²) in [7, 11) is 0. The Morgan fingerprint density at radius 2 is 1.40 bits per heavy atom. The number of Topliss-reactive ketones (excluding diaryl/α,β-unsaturated/α-hetero) is 1. The van der Waals surface area contributed by atoms with E-state index in [4.69, 9.17) is 0 Å². The molecule has 1 aromatic heterocycles. The maximum atomic E-state index is 12.5. The van der Waals surface area contributed by atoms with Gasteiger partial charge in [0.1, 0.15) is 0 Å². The van der Waals surface area contributed by atoms with Crippen molar-refractivity contribution in [1.82, 2.24) is 4.57 Å². The molecule has 0 N–H and O–H groups in total. The van der Waals surface area contributed by atoms with Gasteiger partial charge in [-0.15, -0.1) is 0 Å². The van der Waals surface area contributed by atoms with Gasteiger partial charge in [0.15, 0.2) is 5.78 Å². The number of hydrogen-bond donors (Lipinski definition) is 0. The Morgan fingerprint density at radius 1 is 0.760 bits per heavy atom. The van der Waals surface area contributed by atoms with Crippen LogP contribution in [-0.2, 0) is 6.54 Å². The van der Waals surface area contributed by atoms with Gasteiger partial charge in [-0.05, 0) is 17.7 Å². The number of carbonyl (C=O) groups is 1. The smallest absolute Gasteiger partial charge is 0.164 e. The molecule has 1 heterocycles. The zero-order chi connectivity index (χ0) is 17.1. The molecule has 2 heteroatoms. The summed E-state index contributed by atoms with van der Waals surface area (Å²) in [4.78, 5) is 12.5. The number of fused-ring (bicyclic) bond motifs is 1. The SMILES string of the molecule is O=C(CCn1c(-c2ccccc2)cc2ccccc21)c1ccccc1. The van der Waals surface area contributed by atoms with Crippen LogP contribution in [0.25, 0.3) is 22.2 Å². The van der Waals surface area contributed by atoms with Crippen LogP contribution in [0.1, 0.15) is 16.8 Å². The zero-order valence-corrected chi connectivity index (χ0v) is 13.9. The van der Waals surface area contributed by atoms with Crippen molar-refractivity contribution in [3.8, 4) is 11.3 Å². The van der Waals surface area contributed by atoms with Gasteiger partial charge in [-0.2, -0.15) is 0 Å². The fourth-order valence-electron chi connectivity index (χ4n) is 3.28. The monoisotopic (exact) mass is 325 g/mol. The number of ketones is 1. The van der Waals surface area contributed by atoms with Crippen molar-refractivity contribution < 1.29 is 4.79 Å². The van der Waals surface area contributed by atoms with Gasteiger partial charge in [-0.1, -0.05) is 78.9 Å². The van der Waals surface area contributed by atoms with Crippen LogP contribution in [0.3, 0.4) is 0 Å². The molecule has 4 aromatic rings. The quantitative estimate of drug-likeness (QED) is 0.439. The maximum absolute atomic E-state index is 12.5. The normalized spacial score (nSPS) is 10.9. The molecule has 0 unspecified atom stereocenters. The first kappa shape index (κ1) is 15.4. The van der Waals surface area contributed by atoms with Gasteiger partial charge in [0.2, 0.25) is 0 Å². The molecule has 0 aliphatic heterocycles. The minimum absolute atomic E-state index is 0.178. The number of benzene rings is 3. The van der Waals surface area contributed by atoms with E-state index in [1.165, 1.54) is 16.5 Å². The number of nitrogens with zero attached hydrogens (tertiary/aromatic N) is 1. The van der Waals surface area contributed by atoms with Crippen molar-refractivity contribution in [2.24, 2.45) is 0 Å². The van der Waals surface area contributed by atoms with Gasteiger partial charge in [-0.25, -0.2) is 0 Å². The Labute approximate surface area is 147 Å². The van der Waals surface area contributed by atoms with E-state index in [0.29, 0.717) is 13.0 Å². The number of aromatic nitrogens is 1. The topological polar surface area (TPSA) is 22.0 Å². The Morgan fingerprint density at radius 3 is 2.16 bits per heavy atom. The molecule has 0 amide bonds. The Balaban J connectivity index is 1.69. The summed E-state index contributed by atoms with van der Waals surface area (Å²) in [6.07, 6.45) is 0.489. The van der Waals surface area contributed by atoms with Crippen LogP contribution < -0.4 is 0 Å². The second-order valence-corrected chi connectivity index (χ2v) is 6.15. The molecule has 0 saturated heterocycles. The highest BCUT2D eigenvalue weighted by Crippen LogP contribution is 2.28. The molecular formula is C23H19NO. The molecule has 0 bridgehead atoms. The first-order valence-corrected chi connectivity index (χ1v) is 8.55. The number of carbonyl (C=O) groups excluding carboxylic acids is 1. The van der Waals surface area contributed by atoms with Crippen LogP contribution in [0, 0.1) is 0 Å². The number of rotatable bonds is 5. The lowest BCUT2D eigenvalue weighted by Gasteiger charge is -2.11. The van der Waals surface area contributed by atoms with Crippen molar-refractivity contribution in [2.75, 3.05) is 0 Å². The molecule has 122 valence electrons. The fourth-order valence-corrected chi connectivity index (χ4v) is 3.28. The average molecular weight is 325 g/mol. The van der Waals surface area contributed by atoms with E-state index < -0.39 is 0 Å². The van der Waals surface area contributed by atoms with Crippen LogP contribution in [0.15, 0.2) is 91.0 Å². The summed E-state index contributed by atoms with van der Waals surface area (Å²) >= 11 is 0. The third-order valence-corrected chi connectivity index (χ3v) is 4.54. The highest BCUT2D eigenvalue weighted by Gasteiger charge is 2.12. The summed E-state index contributed by atoms with van der Waals surface area (Å²) in [5.41, 5.74) is 4.27. The summed E-state index contributed by atoms with van der Waals surface area (Å²) in [6, 6.07) is 30.4. The zero-order valence-electron chi connectivity index (χ0n) is 13.9. The third-order valence-electron chi connectivity index (χ3n) is 4.54. The molecule has 0 spiro atoms. The Bertz CT molecular complexity index is 1000. The van der Waals surface area contributed by atoms with E-state index in [9.17, 15) is 4.79 Å². The van der Waals surface area contributed by atoms with Gasteiger partial charge in [-0.3, -0.25) is 4.79 Å². The van der Waals surface area contributed by atoms with Gasteiger partial charge in [0, 0.05) is 35.1 Å². The standard InChI is InChI=1S/C23H19NO/c25-23(19-11-5-2-6-12-19)15-16-24-21-14-8-7-13-20(21)17-22(24)18-9-3-1-4-10-18/h1-14,17H,15-16H2. The van der Waals surface area contributed by atoms with Crippen molar-refractivity contribution >= 4 is 16.7 Å². The van der Waals surface area contributed by atoms with Gasteiger partial charge < -0.3 is 4.57 Å². The van der Waals surface area contributed by atoms with E-state index in [1.807, 2.05) is 54.6 Å². The minimum Gasteiger partial charge on any atom is -0.340 e. The van der Waals surface area contributed by atoms with Crippen LogP contribution in [0.5, 0.6) is 0 Å². The number of para-hydroxylation sites is 1. The lowest BCUT2D eigenvalue weighted by molar-refractivity contribution is 0.0977. The van der Waals surface area contributed by atoms with Crippen molar-refractivity contribution in [3.05, 3.63) is 96.6 Å². The molecule has 0 fully saturated rings. The highest BCUT2D eigenvalue weighted by molar-refractivity contribution is 5.96. The molecule has 0 saturated carbocycles. The van der Waals surface area contributed by atoms with Crippen LogP contribution >= 0.6 is 0 Å². The average Bonchev–Trinajstić information content (AvgIpc) is 3.06. The minimum atomic E-state index is 0.178. The van der Waals surface area contributed by atoms with Crippen LogP contribution in [-0.4, -0.2) is 10.4 Å². The molecule has 25 heavy (non-hydrogen) atoms. The predicted octanol–water partition coefficient (Wildman–Crippen LogP) is 5.58. The third kappa shape index (κ3) is 3.11. The van der Waals surface area contributed by atoms with Crippen LogP contribution in [0.2, 0.25) is 0 Å². The second-order valence-electron chi connectivity index (χ2n) is 6.15. The molecule has 0 atom stereocenters. The van der Waals surface area contributed by atoms with E-state index in [2.05, 4.69) is 41.0 Å². The first-order chi connectivity index (χ1) is 12.3. The molecular weight excluding hydrogens is 306 g/mol. The maximum Gasteiger partial charge on any atom is 0.164 e. The van der Waals surface area contributed by atoms with E-state index in [0.717, 1.165) is 11.3 Å². The summed E-state index contributed by atoms with van der Waals surface area (Å²) in [6.45, 7) is 0.672. The highest BCUT2D eigenvalue weighted by atomic mass is 16.1. The predicted molar refractivity (Wildman–Crippen MR) is 103 cm³/mol.